The van der Waals surface area contributed by atoms with Crippen LogP contribution in [-0.4, -0.2) is 23.6 Å². The molecule has 0 N–H and O–H groups in total. The number of hydrogen-bond acceptors (Lipinski definition) is 2. The van der Waals surface area contributed by atoms with Crippen LogP contribution in [0.15, 0.2) is 6.20 Å². The van der Waals surface area contributed by atoms with Crippen LogP contribution in [0.25, 0.3) is 0 Å². The summed E-state index contributed by atoms with van der Waals surface area (Å²) in [5.74, 6) is 2.06. The van der Waals surface area contributed by atoms with Gasteiger partial charge in [-0.3, -0.25) is 0 Å². The summed E-state index contributed by atoms with van der Waals surface area (Å²) in [6.45, 7) is 1.99. The maximum Gasteiger partial charge on any atom is 0.146 e. The number of imidazole rings is 1. The van der Waals surface area contributed by atoms with Crippen LogP contribution in [0, 0.1) is 6.92 Å². The summed E-state index contributed by atoms with van der Waals surface area (Å²) in [6, 6.07) is 0. The number of anilines is 1. The predicted octanol–water partition coefficient (Wildman–Crippen LogP) is 0.795. The second-order valence-corrected chi connectivity index (χ2v) is 2.65. The van der Waals surface area contributed by atoms with Crippen LogP contribution in [0.5, 0.6) is 0 Å². The highest BCUT2D eigenvalue weighted by Crippen LogP contribution is 2.07. The molecule has 0 spiro atoms. The summed E-state index contributed by atoms with van der Waals surface area (Å²) >= 11 is 0. The molecule has 0 aliphatic heterocycles. The van der Waals surface area contributed by atoms with E-state index in [4.69, 9.17) is 0 Å². The molecule has 56 valence electrons. The molecule has 10 heavy (non-hydrogen) atoms. The van der Waals surface area contributed by atoms with E-state index >= 15 is 0 Å². The molecule has 0 aliphatic carbocycles. The van der Waals surface area contributed by atoms with Crippen LogP contribution in [0.3, 0.4) is 0 Å². The first-order chi connectivity index (χ1) is 4.61. The van der Waals surface area contributed by atoms with Gasteiger partial charge in [0.1, 0.15) is 11.6 Å². The average Bonchev–Trinajstić information content (AvgIpc) is 2.13. The van der Waals surface area contributed by atoms with E-state index in [0.29, 0.717) is 0 Å². The van der Waals surface area contributed by atoms with Gasteiger partial charge in [-0.05, 0) is 6.92 Å². The summed E-state index contributed by atoms with van der Waals surface area (Å²) in [5.41, 5.74) is 0. The Morgan fingerprint density at radius 2 is 2.10 bits per heavy atom. The number of hydrogen-bond donors (Lipinski definition) is 0. The zero-order valence-corrected chi connectivity index (χ0v) is 6.92. The van der Waals surface area contributed by atoms with E-state index in [9.17, 15) is 0 Å². The van der Waals surface area contributed by atoms with Crippen LogP contribution in [0.1, 0.15) is 5.82 Å². The lowest BCUT2D eigenvalue weighted by Gasteiger charge is -2.05. The van der Waals surface area contributed by atoms with Crippen molar-refractivity contribution in [2.75, 3.05) is 19.0 Å². The van der Waals surface area contributed by atoms with Crippen molar-refractivity contribution < 1.29 is 0 Å². The van der Waals surface area contributed by atoms with Crippen molar-refractivity contribution in [1.29, 1.82) is 0 Å². The van der Waals surface area contributed by atoms with E-state index in [2.05, 4.69) is 4.98 Å². The Balaban J connectivity index is 2.98. The smallest absolute Gasteiger partial charge is 0.146 e. The third-order valence-corrected chi connectivity index (χ3v) is 1.55. The molecular weight excluding hydrogens is 126 g/mol. The Kier molecular flexibility index (Phi) is 1.66. The van der Waals surface area contributed by atoms with Crippen LogP contribution in [-0.2, 0) is 7.05 Å². The molecule has 1 rings (SSSR count). The quantitative estimate of drug-likeness (QED) is 0.573. The van der Waals surface area contributed by atoms with Crippen LogP contribution >= 0.6 is 0 Å². The molecule has 0 saturated heterocycles. The van der Waals surface area contributed by atoms with Crippen molar-refractivity contribution in [1.82, 2.24) is 9.55 Å². The van der Waals surface area contributed by atoms with Crippen molar-refractivity contribution in [2.24, 2.45) is 7.05 Å². The molecule has 0 saturated carbocycles. The molecule has 0 atom stereocenters. The van der Waals surface area contributed by atoms with Gasteiger partial charge in [0.2, 0.25) is 0 Å². The van der Waals surface area contributed by atoms with Gasteiger partial charge in [0.15, 0.2) is 0 Å². The zero-order valence-electron chi connectivity index (χ0n) is 6.92. The molecule has 0 fully saturated rings. The van der Waals surface area contributed by atoms with Gasteiger partial charge in [-0.25, -0.2) is 4.98 Å². The topological polar surface area (TPSA) is 21.1 Å². The summed E-state index contributed by atoms with van der Waals surface area (Å²) in [4.78, 5) is 6.29. The van der Waals surface area contributed by atoms with Gasteiger partial charge in [-0.1, -0.05) is 0 Å². The molecule has 1 aromatic heterocycles. The van der Waals surface area contributed by atoms with Gasteiger partial charge >= 0.3 is 0 Å². The summed E-state index contributed by atoms with van der Waals surface area (Å²) in [6.07, 6.45) is 2.01. The van der Waals surface area contributed by atoms with Crippen molar-refractivity contribution in [3.63, 3.8) is 0 Å². The van der Waals surface area contributed by atoms with Gasteiger partial charge in [-0.2, -0.15) is 0 Å². The van der Waals surface area contributed by atoms with Crippen LogP contribution in [0.4, 0.5) is 5.82 Å². The molecule has 3 heteroatoms. The van der Waals surface area contributed by atoms with Gasteiger partial charge in [0, 0.05) is 27.3 Å². The Bertz CT molecular complexity index is 205. The number of nitrogens with zero attached hydrogens (tertiary/aromatic N) is 3. The molecular formula is C7H13N3. The fraction of sp³-hybridized carbons (Fsp3) is 0.571. The largest absolute Gasteiger partial charge is 0.361 e. The Labute approximate surface area is 61.3 Å². The van der Waals surface area contributed by atoms with Crippen LogP contribution < -0.4 is 4.90 Å². The number of aromatic nitrogens is 2. The Morgan fingerprint density at radius 3 is 2.30 bits per heavy atom. The first-order valence-corrected chi connectivity index (χ1v) is 3.28. The normalized spacial score (nSPS) is 10.0. The molecule has 0 bridgehead atoms. The minimum Gasteiger partial charge on any atom is -0.361 e. The number of rotatable bonds is 1. The van der Waals surface area contributed by atoms with E-state index in [1.165, 1.54) is 0 Å². The monoisotopic (exact) mass is 139 g/mol. The van der Waals surface area contributed by atoms with E-state index in [1.807, 2.05) is 43.7 Å². The maximum atomic E-state index is 4.30. The highest BCUT2D eigenvalue weighted by Gasteiger charge is 2.00. The van der Waals surface area contributed by atoms with E-state index in [0.717, 1.165) is 11.6 Å². The van der Waals surface area contributed by atoms with E-state index < -0.39 is 0 Å². The minimum atomic E-state index is 1.01. The lowest BCUT2D eigenvalue weighted by molar-refractivity contribution is 0.858. The molecule has 1 aromatic rings. The van der Waals surface area contributed by atoms with Gasteiger partial charge in [-0.15, -0.1) is 0 Å². The highest BCUT2D eigenvalue weighted by atomic mass is 15.2. The molecule has 0 aliphatic rings. The van der Waals surface area contributed by atoms with E-state index in [1.54, 1.807) is 0 Å². The van der Waals surface area contributed by atoms with Gasteiger partial charge in [0.05, 0.1) is 0 Å². The van der Waals surface area contributed by atoms with Crippen molar-refractivity contribution >= 4 is 5.82 Å². The van der Waals surface area contributed by atoms with Gasteiger partial charge in [0.25, 0.3) is 0 Å². The third kappa shape index (κ3) is 1.12. The first-order valence-electron chi connectivity index (χ1n) is 3.28. The lowest BCUT2D eigenvalue weighted by Crippen LogP contribution is -2.08. The fourth-order valence-corrected chi connectivity index (χ4v) is 0.756. The highest BCUT2D eigenvalue weighted by molar-refractivity contribution is 5.34. The molecule has 0 amide bonds. The van der Waals surface area contributed by atoms with Crippen LogP contribution in [0.2, 0.25) is 0 Å². The van der Waals surface area contributed by atoms with Crippen molar-refractivity contribution in [3.8, 4) is 0 Å². The maximum absolute atomic E-state index is 4.30. The predicted molar refractivity (Wildman–Crippen MR) is 42.3 cm³/mol. The SMILES string of the molecule is Cc1nc(N(C)C)cn1C. The first kappa shape index (κ1) is 7.12. The molecule has 0 aromatic carbocycles. The summed E-state index contributed by atoms with van der Waals surface area (Å²) < 4.78 is 2.01. The molecule has 0 radical (unpaired) electrons. The minimum absolute atomic E-state index is 1.01. The molecule has 0 unspecified atom stereocenters. The van der Waals surface area contributed by atoms with Gasteiger partial charge < -0.3 is 9.47 Å². The van der Waals surface area contributed by atoms with Crippen molar-refractivity contribution in [3.05, 3.63) is 12.0 Å². The van der Waals surface area contributed by atoms with E-state index in [-0.39, 0.29) is 0 Å². The second kappa shape index (κ2) is 2.33. The Hall–Kier alpha value is -0.990. The zero-order chi connectivity index (χ0) is 7.72. The van der Waals surface area contributed by atoms with Crippen molar-refractivity contribution in [2.45, 2.75) is 6.92 Å². The molecule has 1 heterocycles. The lowest BCUT2D eigenvalue weighted by atomic mass is 10.7. The fourth-order valence-electron chi connectivity index (χ4n) is 0.756. The number of aryl methyl sites for hydroxylation is 2. The summed E-state index contributed by atoms with van der Waals surface area (Å²) in [7, 11) is 5.97. The molecule has 3 nitrogen and oxygen atoms in total. The average molecular weight is 139 g/mol. The summed E-state index contributed by atoms with van der Waals surface area (Å²) in [5, 5.41) is 0. The second-order valence-electron chi connectivity index (χ2n) is 2.65. The Morgan fingerprint density at radius 1 is 1.50 bits per heavy atom. The standard InChI is InChI=1S/C7H13N3/c1-6-8-7(9(2)3)5-10(6)4/h5H,1-4H3. The third-order valence-electron chi connectivity index (χ3n) is 1.55.